The van der Waals surface area contributed by atoms with Crippen LogP contribution in [0.15, 0.2) is 48.8 Å². The normalized spacial score (nSPS) is 15.8. The SMILES string of the molecule is CC(C)(CNCc1ccccc1OCc1cccnc1)N1CCCCC1. The number of benzene rings is 1. The Morgan fingerprint density at radius 2 is 1.88 bits per heavy atom. The van der Waals surface area contributed by atoms with E-state index in [1.54, 1.807) is 6.20 Å². The number of nitrogens with one attached hydrogen (secondary N) is 1. The Hall–Kier alpha value is -1.91. The molecule has 0 unspecified atom stereocenters. The molecule has 0 amide bonds. The van der Waals surface area contributed by atoms with Crippen molar-refractivity contribution in [1.29, 1.82) is 0 Å². The van der Waals surface area contributed by atoms with Crippen molar-refractivity contribution in [3.05, 3.63) is 59.9 Å². The lowest BCUT2D eigenvalue weighted by molar-refractivity contribution is 0.0941. The average Bonchev–Trinajstić information content (AvgIpc) is 2.69. The molecule has 1 fully saturated rings. The van der Waals surface area contributed by atoms with E-state index in [0.717, 1.165) is 24.4 Å². The molecule has 140 valence electrons. The van der Waals surface area contributed by atoms with Crippen LogP contribution in [-0.4, -0.2) is 35.1 Å². The second kappa shape index (κ2) is 9.15. The molecule has 0 aliphatic carbocycles. The minimum absolute atomic E-state index is 0.186. The Balaban J connectivity index is 1.53. The lowest BCUT2D eigenvalue weighted by atomic mass is 9.98. The summed E-state index contributed by atoms with van der Waals surface area (Å²) in [4.78, 5) is 6.76. The summed E-state index contributed by atoms with van der Waals surface area (Å²) >= 11 is 0. The fourth-order valence-electron chi connectivity index (χ4n) is 3.55. The van der Waals surface area contributed by atoms with E-state index in [1.165, 1.54) is 37.9 Å². The maximum atomic E-state index is 6.03. The zero-order valence-corrected chi connectivity index (χ0v) is 16.1. The molecule has 4 nitrogen and oxygen atoms in total. The molecule has 1 aliphatic heterocycles. The zero-order chi connectivity index (χ0) is 18.2. The van der Waals surface area contributed by atoms with E-state index in [2.05, 4.69) is 41.2 Å². The lowest BCUT2D eigenvalue weighted by Gasteiger charge is -2.41. The minimum atomic E-state index is 0.186. The molecule has 1 aromatic heterocycles. The van der Waals surface area contributed by atoms with Gasteiger partial charge in [-0.3, -0.25) is 9.88 Å². The number of aromatic nitrogens is 1. The Labute approximate surface area is 157 Å². The first kappa shape index (κ1) is 18.9. The highest BCUT2D eigenvalue weighted by molar-refractivity contribution is 5.33. The van der Waals surface area contributed by atoms with Crippen molar-refractivity contribution >= 4 is 0 Å². The molecule has 1 aromatic carbocycles. The van der Waals surface area contributed by atoms with Gasteiger partial charge < -0.3 is 10.1 Å². The largest absolute Gasteiger partial charge is 0.489 e. The fourth-order valence-corrected chi connectivity index (χ4v) is 3.55. The molecule has 1 saturated heterocycles. The van der Waals surface area contributed by atoms with Gasteiger partial charge in [0.2, 0.25) is 0 Å². The number of pyridine rings is 1. The van der Waals surface area contributed by atoms with Crippen LogP contribution in [0.4, 0.5) is 0 Å². The molecule has 0 atom stereocenters. The maximum absolute atomic E-state index is 6.03. The zero-order valence-electron chi connectivity index (χ0n) is 16.1. The first-order valence-electron chi connectivity index (χ1n) is 9.70. The van der Waals surface area contributed by atoms with Crippen LogP contribution in [0, 0.1) is 0 Å². The van der Waals surface area contributed by atoms with Crippen LogP contribution in [0.1, 0.15) is 44.2 Å². The maximum Gasteiger partial charge on any atom is 0.124 e. The van der Waals surface area contributed by atoms with Crippen molar-refractivity contribution < 1.29 is 4.74 Å². The van der Waals surface area contributed by atoms with Crippen LogP contribution in [-0.2, 0) is 13.2 Å². The second-order valence-electron chi connectivity index (χ2n) is 7.72. The van der Waals surface area contributed by atoms with Gasteiger partial charge in [0.15, 0.2) is 0 Å². The molecule has 0 bridgehead atoms. The first-order chi connectivity index (χ1) is 12.6. The molecule has 26 heavy (non-hydrogen) atoms. The molecule has 0 spiro atoms. The van der Waals surface area contributed by atoms with E-state index in [0.29, 0.717) is 6.61 Å². The van der Waals surface area contributed by atoms with Gasteiger partial charge in [-0.05, 0) is 51.9 Å². The van der Waals surface area contributed by atoms with Crippen molar-refractivity contribution in [1.82, 2.24) is 15.2 Å². The molecule has 1 N–H and O–H groups in total. The highest BCUT2D eigenvalue weighted by Gasteiger charge is 2.27. The quantitative estimate of drug-likeness (QED) is 0.778. The molecule has 0 radical (unpaired) electrons. The van der Waals surface area contributed by atoms with Gasteiger partial charge in [0, 0.05) is 42.1 Å². The van der Waals surface area contributed by atoms with E-state index < -0.39 is 0 Å². The molecule has 2 heterocycles. The number of hydrogen-bond acceptors (Lipinski definition) is 4. The third kappa shape index (κ3) is 5.29. The number of likely N-dealkylation sites (tertiary alicyclic amines) is 1. The third-order valence-electron chi connectivity index (χ3n) is 5.17. The molecular formula is C22H31N3O. The number of nitrogens with zero attached hydrogens (tertiary/aromatic N) is 2. The predicted molar refractivity (Wildman–Crippen MR) is 106 cm³/mol. The Kier molecular flexibility index (Phi) is 6.64. The summed E-state index contributed by atoms with van der Waals surface area (Å²) in [6, 6.07) is 12.3. The van der Waals surface area contributed by atoms with Crippen LogP contribution >= 0.6 is 0 Å². The number of ether oxygens (including phenoxy) is 1. The summed E-state index contributed by atoms with van der Waals surface area (Å²) in [5.41, 5.74) is 2.47. The molecular weight excluding hydrogens is 322 g/mol. The Bertz CT molecular complexity index is 666. The van der Waals surface area contributed by atoms with Gasteiger partial charge in [-0.25, -0.2) is 0 Å². The minimum Gasteiger partial charge on any atom is -0.489 e. The molecule has 4 heteroatoms. The summed E-state index contributed by atoms with van der Waals surface area (Å²) in [6.45, 7) is 9.47. The van der Waals surface area contributed by atoms with Gasteiger partial charge in [-0.15, -0.1) is 0 Å². The monoisotopic (exact) mass is 353 g/mol. The highest BCUT2D eigenvalue weighted by atomic mass is 16.5. The summed E-state index contributed by atoms with van der Waals surface area (Å²) in [5.74, 6) is 0.944. The first-order valence-corrected chi connectivity index (χ1v) is 9.70. The van der Waals surface area contributed by atoms with E-state index >= 15 is 0 Å². The van der Waals surface area contributed by atoms with Crippen molar-refractivity contribution in [3.63, 3.8) is 0 Å². The number of hydrogen-bond donors (Lipinski definition) is 1. The van der Waals surface area contributed by atoms with Gasteiger partial charge in [-0.2, -0.15) is 0 Å². The summed E-state index contributed by atoms with van der Waals surface area (Å²) in [7, 11) is 0. The Morgan fingerprint density at radius 3 is 2.65 bits per heavy atom. The van der Waals surface area contributed by atoms with Crippen LogP contribution < -0.4 is 10.1 Å². The van der Waals surface area contributed by atoms with Crippen LogP contribution in [0.25, 0.3) is 0 Å². The van der Waals surface area contributed by atoms with E-state index in [-0.39, 0.29) is 5.54 Å². The van der Waals surface area contributed by atoms with E-state index in [9.17, 15) is 0 Å². The lowest BCUT2D eigenvalue weighted by Crippen LogP contribution is -2.52. The predicted octanol–water partition coefficient (Wildman–Crippen LogP) is 4.01. The van der Waals surface area contributed by atoms with Crippen LogP contribution in [0.5, 0.6) is 5.75 Å². The smallest absolute Gasteiger partial charge is 0.124 e. The summed E-state index contributed by atoms with van der Waals surface area (Å²) < 4.78 is 6.03. The van der Waals surface area contributed by atoms with Crippen molar-refractivity contribution in [2.24, 2.45) is 0 Å². The molecule has 0 saturated carbocycles. The van der Waals surface area contributed by atoms with Crippen LogP contribution in [0.2, 0.25) is 0 Å². The van der Waals surface area contributed by atoms with Crippen LogP contribution in [0.3, 0.4) is 0 Å². The van der Waals surface area contributed by atoms with Crippen molar-refractivity contribution in [2.75, 3.05) is 19.6 Å². The van der Waals surface area contributed by atoms with Gasteiger partial charge in [-0.1, -0.05) is 30.7 Å². The van der Waals surface area contributed by atoms with Gasteiger partial charge in [0.1, 0.15) is 12.4 Å². The summed E-state index contributed by atoms with van der Waals surface area (Å²) in [5, 5.41) is 3.64. The third-order valence-corrected chi connectivity index (χ3v) is 5.17. The highest BCUT2D eigenvalue weighted by Crippen LogP contribution is 2.22. The van der Waals surface area contributed by atoms with Gasteiger partial charge in [0.25, 0.3) is 0 Å². The topological polar surface area (TPSA) is 37.4 Å². The van der Waals surface area contributed by atoms with Gasteiger partial charge in [0.05, 0.1) is 0 Å². The summed E-state index contributed by atoms with van der Waals surface area (Å²) in [6.07, 6.45) is 7.66. The second-order valence-corrected chi connectivity index (χ2v) is 7.72. The van der Waals surface area contributed by atoms with Crippen molar-refractivity contribution in [2.45, 2.75) is 51.8 Å². The van der Waals surface area contributed by atoms with Gasteiger partial charge >= 0.3 is 0 Å². The number of para-hydroxylation sites is 1. The van der Waals surface area contributed by atoms with E-state index in [4.69, 9.17) is 4.74 Å². The standard InChI is InChI=1S/C22H31N3O/c1-22(2,25-13-6-3-7-14-25)18-24-16-20-10-4-5-11-21(20)26-17-19-9-8-12-23-15-19/h4-5,8-12,15,24H,3,6-7,13-14,16-18H2,1-2H3. The van der Waals surface area contributed by atoms with E-state index in [1.807, 2.05) is 30.5 Å². The number of rotatable bonds is 8. The molecule has 3 rings (SSSR count). The average molecular weight is 354 g/mol. The van der Waals surface area contributed by atoms with Crippen molar-refractivity contribution in [3.8, 4) is 5.75 Å². The fraction of sp³-hybridized carbons (Fsp3) is 0.500. The molecule has 1 aliphatic rings. The molecule has 2 aromatic rings. The Morgan fingerprint density at radius 1 is 1.08 bits per heavy atom. The number of piperidine rings is 1.